The first-order chi connectivity index (χ1) is 4.88. The van der Waals surface area contributed by atoms with Crippen LogP contribution in [0.25, 0.3) is 0 Å². The van der Waals surface area contributed by atoms with Crippen LogP contribution in [-0.4, -0.2) is 11.5 Å². The SMILES string of the molecule is CC=C1CCSCC1=CC. The Bertz CT molecular complexity index is 146. The molecule has 10 heavy (non-hydrogen) atoms. The van der Waals surface area contributed by atoms with Crippen LogP contribution in [0, 0.1) is 0 Å². The van der Waals surface area contributed by atoms with Crippen LogP contribution >= 0.6 is 11.8 Å². The number of hydrogen-bond acceptors (Lipinski definition) is 1. The second-order valence-corrected chi connectivity index (χ2v) is 3.54. The summed E-state index contributed by atoms with van der Waals surface area (Å²) in [5.74, 6) is 2.52. The molecule has 0 aromatic carbocycles. The summed E-state index contributed by atoms with van der Waals surface area (Å²) in [4.78, 5) is 0. The molecule has 0 unspecified atom stereocenters. The van der Waals surface area contributed by atoms with Gasteiger partial charge in [-0.1, -0.05) is 12.2 Å². The molecule has 0 saturated carbocycles. The van der Waals surface area contributed by atoms with E-state index in [-0.39, 0.29) is 0 Å². The van der Waals surface area contributed by atoms with Gasteiger partial charge in [-0.15, -0.1) is 0 Å². The van der Waals surface area contributed by atoms with Crippen molar-refractivity contribution in [1.29, 1.82) is 0 Å². The zero-order chi connectivity index (χ0) is 7.40. The molecule has 0 amide bonds. The monoisotopic (exact) mass is 154 g/mol. The fraction of sp³-hybridized carbons (Fsp3) is 0.556. The molecule has 0 radical (unpaired) electrons. The van der Waals surface area contributed by atoms with Crippen molar-refractivity contribution in [3.8, 4) is 0 Å². The topological polar surface area (TPSA) is 0 Å². The highest BCUT2D eigenvalue weighted by Gasteiger charge is 2.08. The van der Waals surface area contributed by atoms with Crippen molar-refractivity contribution in [3.05, 3.63) is 23.3 Å². The average Bonchev–Trinajstić information content (AvgIpc) is 2.04. The lowest BCUT2D eigenvalue weighted by Gasteiger charge is -2.16. The van der Waals surface area contributed by atoms with Gasteiger partial charge in [0, 0.05) is 5.75 Å². The van der Waals surface area contributed by atoms with Crippen molar-refractivity contribution in [2.75, 3.05) is 11.5 Å². The summed E-state index contributed by atoms with van der Waals surface area (Å²) in [6.45, 7) is 4.26. The largest absolute Gasteiger partial charge is 0.157 e. The first-order valence-electron chi connectivity index (χ1n) is 3.77. The number of allylic oxidation sites excluding steroid dienone is 3. The lowest BCUT2D eigenvalue weighted by molar-refractivity contribution is 1.08. The average molecular weight is 154 g/mol. The molecule has 1 saturated heterocycles. The van der Waals surface area contributed by atoms with Gasteiger partial charge >= 0.3 is 0 Å². The van der Waals surface area contributed by atoms with Gasteiger partial charge in [0.25, 0.3) is 0 Å². The normalized spacial score (nSPS) is 27.8. The van der Waals surface area contributed by atoms with Gasteiger partial charge in [-0.05, 0) is 37.2 Å². The second-order valence-electron chi connectivity index (χ2n) is 2.43. The molecule has 1 heteroatoms. The van der Waals surface area contributed by atoms with E-state index in [0.29, 0.717) is 0 Å². The van der Waals surface area contributed by atoms with Gasteiger partial charge < -0.3 is 0 Å². The van der Waals surface area contributed by atoms with E-state index in [2.05, 4.69) is 26.0 Å². The minimum absolute atomic E-state index is 1.22. The first-order valence-corrected chi connectivity index (χ1v) is 4.92. The number of thioether (sulfide) groups is 1. The highest BCUT2D eigenvalue weighted by atomic mass is 32.2. The maximum atomic E-state index is 2.25. The molecule has 1 aliphatic heterocycles. The zero-order valence-corrected chi connectivity index (χ0v) is 7.50. The predicted octanol–water partition coefficient (Wildman–Crippen LogP) is 3.02. The number of hydrogen-bond donors (Lipinski definition) is 0. The molecular weight excluding hydrogens is 140 g/mol. The van der Waals surface area contributed by atoms with Crippen molar-refractivity contribution >= 4 is 11.8 Å². The summed E-state index contributed by atoms with van der Waals surface area (Å²) >= 11 is 2.04. The Hall–Kier alpha value is -0.170. The molecule has 0 aromatic heterocycles. The van der Waals surface area contributed by atoms with E-state index in [1.807, 2.05) is 11.8 Å². The third-order valence-corrected chi connectivity index (χ3v) is 2.89. The van der Waals surface area contributed by atoms with E-state index in [4.69, 9.17) is 0 Å². The Morgan fingerprint density at radius 3 is 2.40 bits per heavy atom. The molecule has 1 rings (SSSR count). The van der Waals surface area contributed by atoms with Crippen molar-refractivity contribution < 1.29 is 0 Å². The highest BCUT2D eigenvalue weighted by Crippen LogP contribution is 2.26. The summed E-state index contributed by atoms with van der Waals surface area (Å²) < 4.78 is 0. The summed E-state index contributed by atoms with van der Waals surface area (Å²) in [6, 6.07) is 0. The Balaban J connectivity index is 2.69. The van der Waals surface area contributed by atoms with Gasteiger partial charge in [-0.2, -0.15) is 11.8 Å². The van der Waals surface area contributed by atoms with Crippen LogP contribution in [0.3, 0.4) is 0 Å². The van der Waals surface area contributed by atoms with Crippen LogP contribution in [0.15, 0.2) is 23.3 Å². The Morgan fingerprint density at radius 1 is 1.20 bits per heavy atom. The molecule has 0 spiro atoms. The Kier molecular flexibility index (Phi) is 3.07. The molecular formula is C9H14S. The molecule has 0 aliphatic carbocycles. The van der Waals surface area contributed by atoms with Crippen molar-refractivity contribution in [2.45, 2.75) is 20.3 Å². The standard InChI is InChI=1S/C9H14S/c1-3-8-5-6-10-7-9(8)4-2/h3-4H,5-7H2,1-2H3. The van der Waals surface area contributed by atoms with Gasteiger partial charge in [0.15, 0.2) is 0 Å². The van der Waals surface area contributed by atoms with Crippen LogP contribution in [0.5, 0.6) is 0 Å². The van der Waals surface area contributed by atoms with Crippen LogP contribution in [0.2, 0.25) is 0 Å². The van der Waals surface area contributed by atoms with Crippen LogP contribution in [0.1, 0.15) is 20.3 Å². The van der Waals surface area contributed by atoms with Crippen molar-refractivity contribution in [1.82, 2.24) is 0 Å². The summed E-state index contributed by atoms with van der Waals surface area (Å²) in [7, 11) is 0. The minimum atomic E-state index is 1.22. The van der Waals surface area contributed by atoms with E-state index in [1.165, 1.54) is 17.9 Å². The smallest absolute Gasteiger partial charge is 0.0184 e. The van der Waals surface area contributed by atoms with Gasteiger partial charge in [-0.25, -0.2) is 0 Å². The van der Waals surface area contributed by atoms with Gasteiger partial charge in [0.2, 0.25) is 0 Å². The van der Waals surface area contributed by atoms with E-state index in [0.717, 1.165) is 0 Å². The van der Waals surface area contributed by atoms with E-state index < -0.39 is 0 Å². The quantitative estimate of drug-likeness (QED) is 0.517. The van der Waals surface area contributed by atoms with E-state index in [1.54, 1.807) is 11.1 Å². The molecule has 0 bridgehead atoms. The Labute approximate surface area is 67.4 Å². The maximum absolute atomic E-state index is 2.25. The molecule has 1 heterocycles. The molecule has 0 aromatic rings. The van der Waals surface area contributed by atoms with Crippen LogP contribution in [0.4, 0.5) is 0 Å². The van der Waals surface area contributed by atoms with Gasteiger partial charge in [0.1, 0.15) is 0 Å². The third kappa shape index (κ3) is 1.66. The highest BCUT2D eigenvalue weighted by molar-refractivity contribution is 7.99. The maximum Gasteiger partial charge on any atom is 0.0184 e. The van der Waals surface area contributed by atoms with Gasteiger partial charge in [-0.3, -0.25) is 0 Å². The molecule has 0 N–H and O–H groups in total. The number of rotatable bonds is 0. The van der Waals surface area contributed by atoms with Crippen LogP contribution in [-0.2, 0) is 0 Å². The Morgan fingerprint density at radius 2 is 1.90 bits per heavy atom. The lowest BCUT2D eigenvalue weighted by atomic mass is 10.0. The van der Waals surface area contributed by atoms with E-state index in [9.17, 15) is 0 Å². The minimum Gasteiger partial charge on any atom is -0.157 e. The summed E-state index contributed by atoms with van der Waals surface area (Å²) in [5, 5.41) is 0. The summed E-state index contributed by atoms with van der Waals surface area (Å²) in [5.41, 5.74) is 3.10. The molecule has 1 aliphatic rings. The fourth-order valence-corrected chi connectivity index (χ4v) is 2.30. The molecule has 0 nitrogen and oxygen atoms in total. The predicted molar refractivity (Wildman–Crippen MR) is 49.5 cm³/mol. The summed E-state index contributed by atoms with van der Waals surface area (Å²) in [6.07, 6.45) is 5.75. The molecule has 1 fully saturated rings. The lowest BCUT2D eigenvalue weighted by Crippen LogP contribution is -2.02. The van der Waals surface area contributed by atoms with Gasteiger partial charge in [0.05, 0.1) is 0 Å². The van der Waals surface area contributed by atoms with Crippen molar-refractivity contribution in [3.63, 3.8) is 0 Å². The second kappa shape index (κ2) is 3.87. The first kappa shape index (κ1) is 7.93. The van der Waals surface area contributed by atoms with Crippen LogP contribution < -0.4 is 0 Å². The molecule has 56 valence electrons. The fourth-order valence-electron chi connectivity index (χ4n) is 1.22. The third-order valence-electron chi connectivity index (χ3n) is 1.88. The van der Waals surface area contributed by atoms with Crippen molar-refractivity contribution in [2.24, 2.45) is 0 Å². The molecule has 0 atom stereocenters. The van der Waals surface area contributed by atoms with E-state index >= 15 is 0 Å². The zero-order valence-electron chi connectivity index (χ0n) is 6.68.